The van der Waals surface area contributed by atoms with Crippen LogP contribution < -0.4 is 10.9 Å². The van der Waals surface area contributed by atoms with Crippen LogP contribution >= 0.6 is 11.8 Å². The molecule has 18 heavy (non-hydrogen) atoms. The van der Waals surface area contributed by atoms with Crippen LogP contribution in [0, 0.1) is 0 Å². The molecule has 0 spiro atoms. The molecule has 0 aliphatic carbocycles. The Kier molecular flexibility index (Phi) is 3.57. The van der Waals surface area contributed by atoms with E-state index in [-0.39, 0.29) is 17.0 Å². The Bertz CT molecular complexity index is 616. The fourth-order valence-corrected chi connectivity index (χ4v) is 2.56. The van der Waals surface area contributed by atoms with E-state index in [0.29, 0.717) is 5.03 Å². The highest BCUT2D eigenvalue weighted by Crippen LogP contribution is 2.28. The first-order chi connectivity index (χ1) is 8.63. The number of carbonyl (C=O) groups excluding carboxylic acids is 1. The van der Waals surface area contributed by atoms with Gasteiger partial charge in [0.2, 0.25) is 0 Å². The summed E-state index contributed by atoms with van der Waals surface area (Å²) in [6.45, 7) is 0. The van der Waals surface area contributed by atoms with E-state index < -0.39 is 0 Å². The summed E-state index contributed by atoms with van der Waals surface area (Å²) in [7, 11) is 3.21. The summed E-state index contributed by atoms with van der Waals surface area (Å²) in [6, 6.07) is 9.59. The number of H-pyrrole nitrogens is 1. The molecule has 0 bridgehead atoms. The molecule has 0 fully saturated rings. The Hall–Kier alpha value is -1.95. The molecule has 0 aliphatic heterocycles. The summed E-state index contributed by atoms with van der Waals surface area (Å²) >= 11 is 1.38. The third-order valence-electron chi connectivity index (χ3n) is 2.43. The van der Waals surface area contributed by atoms with Gasteiger partial charge in [-0.05, 0) is 12.1 Å². The maximum atomic E-state index is 11.7. The van der Waals surface area contributed by atoms with Crippen LogP contribution in [0.25, 0.3) is 0 Å². The molecule has 94 valence electrons. The first kappa shape index (κ1) is 12.5. The fourth-order valence-electron chi connectivity index (χ4n) is 1.57. The van der Waals surface area contributed by atoms with Crippen LogP contribution in [-0.4, -0.2) is 22.7 Å². The van der Waals surface area contributed by atoms with E-state index in [9.17, 15) is 9.59 Å². The van der Waals surface area contributed by atoms with Crippen molar-refractivity contribution < 1.29 is 4.79 Å². The highest BCUT2D eigenvalue weighted by molar-refractivity contribution is 7.99. The number of carbonyl (C=O) groups is 1. The van der Waals surface area contributed by atoms with Crippen LogP contribution in [0.15, 0.2) is 45.0 Å². The zero-order valence-corrected chi connectivity index (χ0v) is 10.9. The predicted molar refractivity (Wildman–Crippen MR) is 70.0 cm³/mol. The molecule has 0 saturated heterocycles. The maximum Gasteiger partial charge on any atom is 0.278 e. The van der Waals surface area contributed by atoms with Crippen molar-refractivity contribution in [2.75, 3.05) is 7.05 Å². The van der Waals surface area contributed by atoms with Crippen molar-refractivity contribution in [1.82, 2.24) is 15.1 Å². The Labute approximate surface area is 108 Å². The summed E-state index contributed by atoms with van der Waals surface area (Å²) in [4.78, 5) is 24.4. The molecule has 1 amide bonds. The Morgan fingerprint density at radius 3 is 2.61 bits per heavy atom. The molecule has 0 radical (unpaired) electrons. The molecule has 1 heterocycles. The molecular weight excluding hydrogens is 250 g/mol. The van der Waals surface area contributed by atoms with E-state index in [1.165, 1.54) is 18.8 Å². The highest BCUT2D eigenvalue weighted by atomic mass is 32.2. The van der Waals surface area contributed by atoms with Crippen molar-refractivity contribution in [3.63, 3.8) is 0 Å². The van der Waals surface area contributed by atoms with E-state index in [2.05, 4.69) is 10.4 Å². The highest BCUT2D eigenvalue weighted by Gasteiger charge is 2.20. The molecule has 1 aromatic heterocycles. The molecule has 0 saturated carbocycles. The zero-order valence-electron chi connectivity index (χ0n) is 10.1. The smallest absolute Gasteiger partial charge is 0.278 e. The molecule has 5 nitrogen and oxygen atoms in total. The summed E-state index contributed by atoms with van der Waals surface area (Å²) in [5.41, 5.74) is -0.232. The second-order valence-electron chi connectivity index (χ2n) is 3.67. The Morgan fingerprint density at radius 2 is 2.00 bits per heavy atom. The molecule has 2 N–H and O–H groups in total. The van der Waals surface area contributed by atoms with E-state index in [4.69, 9.17) is 0 Å². The standard InChI is InChI=1S/C12H13N3O2S/c1-13-10(16)9-11(17)14-15(2)12(9)18-8-6-4-3-5-7-8/h3-7H,1-2H3,(H,13,16)(H,14,17). The van der Waals surface area contributed by atoms with E-state index >= 15 is 0 Å². The normalized spacial score (nSPS) is 10.3. The predicted octanol–water partition coefficient (Wildman–Crippen LogP) is 1.22. The van der Waals surface area contributed by atoms with Crippen LogP contribution in [0.5, 0.6) is 0 Å². The lowest BCUT2D eigenvalue weighted by atomic mass is 10.3. The minimum atomic E-state index is -0.379. The number of aromatic nitrogens is 2. The summed E-state index contributed by atoms with van der Waals surface area (Å²) in [5.74, 6) is -0.379. The largest absolute Gasteiger partial charge is 0.355 e. The van der Waals surface area contributed by atoms with Crippen molar-refractivity contribution in [2.24, 2.45) is 7.05 Å². The number of nitrogens with one attached hydrogen (secondary N) is 2. The van der Waals surface area contributed by atoms with Gasteiger partial charge in [-0.25, -0.2) is 0 Å². The van der Waals surface area contributed by atoms with Gasteiger partial charge in [0.05, 0.1) is 0 Å². The molecule has 2 aromatic rings. The lowest BCUT2D eigenvalue weighted by molar-refractivity contribution is 0.0959. The zero-order chi connectivity index (χ0) is 13.1. The third-order valence-corrected chi connectivity index (χ3v) is 3.61. The molecule has 2 rings (SSSR count). The minimum Gasteiger partial charge on any atom is -0.355 e. The third kappa shape index (κ3) is 2.33. The van der Waals surface area contributed by atoms with Crippen LogP contribution in [0.1, 0.15) is 10.4 Å². The van der Waals surface area contributed by atoms with Gasteiger partial charge in [0.1, 0.15) is 10.6 Å². The van der Waals surface area contributed by atoms with Crippen molar-refractivity contribution >= 4 is 17.7 Å². The SMILES string of the molecule is CNC(=O)c1c(Sc2ccccc2)n(C)[nH]c1=O. The summed E-state index contributed by atoms with van der Waals surface area (Å²) in [6.07, 6.45) is 0. The number of rotatable bonds is 3. The van der Waals surface area contributed by atoms with E-state index in [1.54, 1.807) is 11.7 Å². The molecule has 0 aliphatic rings. The minimum absolute atomic E-state index is 0.147. The maximum absolute atomic E-state index is 11.7. The van der Waals surface area contributed by atoms with Gasteiger partial charge in [-0.1, -0.05) is 30.0 Å². The van der Waals surface area contributed by atoms with Gasteiger partial charge in [0, 0.05) is 19.0 Å². The monoisotopic (exact) mass is 263 g/mol. The van der Waals surface area contributed by atoms with Gasteiger partial charge >= 0.3 is 0 Å². The fraction of sp³-hybridized carbons (Fsp3) is 0.167. The van der Waals surface area contributed by atoms with Crippen LogP contribution in [0.4, 0.5) is 0 Å². The van der Waals surface area contributed by atoms with Gasteiger partial charge in [-0.3, -0.25) is 19.4 Å². The summed E-state index contributed by atoms with van der Waals surface area (Å²) < 4.78 is 1.56. The second-order valence-corrected chi connectivity index (χ2v) is 4.74. The van der Waals surface area contributed by atoms with Gasteiger partial charge in [0.25, 0.3) is 11.5 Å². The van der Waals surface area contributed by atoms with Gasteiger partial charge in [0.15, 0.2) is 0 Å². The van der Waals surface area contributed by atoms with Crippen molar-refractivity contribution in [1.29, 1.82) is 0 Å². The van der Waals surface area contributed by atoms with Crippen molar-refractivity contribution in [2.45, 2.75) is 9.92 Å². The van der Waals surface area contributed by atoms with E-state index in [0.717, 1.165) is 4.90 Å². The van der Waals surface area contributed by atoms with Crippen molar-refractivity contribution in [3.8, 4) is 0 Å². The average molecular weight is 263 g/mol. The van der Waals surface area contributed by atoms with Crippen molar-refractivity contribution in [3.05, 3.63) is 46.2 Å². The number of aryl methyl sites for hydroxylation is 1. The number of benzene rings is 1. The number of hydrogen-bond acceptors (Lipinski definition) is 3. The number of aromatic amines is 1. The molecule has 1 aromatic carbocycles. The molecular formula is C12H13N3O2S. The molecule has 6 heteroatoms. The number of amides is 1. The van der Waals surface area contributed by atoms with Gasteiger partial charge in [-0.15, -0.1) is 0 Å². The second kappa shape index (κ2) is 5.14. The quantitative estimate of drug-likeness (QED) is 0.875. The topological polar surface area (TPSA) is 66.9 Å². The molecule has 0 unspecified atom stereocenters. The number of nitrogens with zero attached hydrogens (tertiary/aromatic N) is 1. The first-order valence-electron chi connectivity index (χ1n) is 5.37. The van der Waals surface area contributed by atoms with E-state index in [1.807, 2.05) is 30.3 Å². The van der Waals surface area contributed by atoms with Gasteiger partial charge < -0.3 is 5.32 Å². The Morgan fingerprint density at radius 1 is 1.33 bits per heavy atom. The summed E-state index contributed by atoms with van der Waals surface area (Å²) in [5, 5.41) is 5.67. The lowest BCUT2D eigenvalue weighted by Crippen LogP contribution is -2.24. The Balaban J connectivity index is 2.45. The molecule has 0 atom stereocenters. The van der Waals surface area contributed by atoms with Gasteiger partial charge in [-0.2, -0.15) is 0 Å². The lowest BCUT2D eigenvalue weighted by Gasteiger charge is -2.04. The van der Waals surface area contributed by atoms with Crippen LogP contribution in [0.2, 0.25) is 0 Å². The average Bonchev–Trinajstić information content (AvgIpc) is 2.65. The number of hydrogen-bond donors (Lipinski definition) is 2. The first-order valence-corrected chi connectivity index (χ1v) is 6.19. The van der Waals surface area contributed by atoms with Crippen LogP contribution in [0.3, 0.4) is 0 Å². The van der Waals surface area contributed by atoms with Crippen LogP contribution in [-0.2, 0) is 7.05 Å².